The van der Waals surface area contributed by atoms with E-state index in [0.29, 0.717) is 22.6 Å². The Morgan fingerprint density at radius 3 is 2.66 bits per heavy atom. The normalized spacial score (nSPS) is 17.9. The van der Waals surface area contributed by atoms with E-state index in [4.69, 9.17) is 9.47 Å². The Kier molecular flexibility index (Phi) is 6.41. The minimum absolute atomic E-state index is 0.0243. The number of methoxy groups -OCH3 is 1. The molecule has 1 saturated heterocycles. The first-order valence-electron chi connectivity index (χ1n) is 10.8. The van der Waals surface area contributed by atoms with Crippen molar-refractivity contribution in [1.82, 2.24) is 10.2 Å². The number of carbonyl (C=O) groups is 2. The van der Waals surface area contributed by atoms with Crippen LogP contribution in [0.1, 0.15) is 48.8 Å². The number of nitriles is 1. The third-order valence-electron chi connectivity index (χ3n) is 5.87. The highest BCUT2D eigenvalue weighted by atomic mass is 16.5. The standard InChI is InChI=1S/C25H25N3O4/c1-31-23-14-17(11-12-22(23)32-16-19-8-6-5-7-18(19)15-26)13-21-24(29)28(25(30)27-21)20-9-3-2-4-10-20/h5-8,11-14,20H,2-4,9-10,16H2,1H3,(H,27,30)/b21-13-. The molecule has 4 rings (SSSR count). The van der Waals surface area contributed by atoms with E-state index in [9.17, 15) is 14.9 Å². The van der Waals surface area contributed by atoms with Gasteiger partial charge in [0, 0.05) is 11.6 Å². The van der Waals surface area contributed by atoms with E-state index < -0.39 is 0 Å². The van der Waals surface area contributed by atoms with Gasteiger partial charge in [0.25, 0.3) is 5.91 Å². The number of carbonyl (C=O) groups excluding carboxylic acids is 2. The summed E-state index contributed by atoms with van der Waals surface area (Å²) in [7, 11) is 1.54. The minimum Gasteiger partial charge on any atom is -0.493 e. The Balaban J connectivity index is 1.50. The summed E-state index contributed by atoms with van der Waals surface area (Å²) in [5.74, 6) is 0.733. The first kappa shape index (κ1) is 21.4. The molecule has 2 aromatic carbocycles. The first-order valence-corrected chi connectivity index (χ1v) is 10.8. The Morgan fingerprint density at radius 1 is 1.12 bits per heavy atom. The maximum absolute atomic E-state index is 12.9. The van der Waals surface area contributed by atoms with Crippen LogP contribution in [0.15, 0.2) is 48.2 Å². The second kappa shape index (κ2) is 9.56. The largest absolute Gasteiger partial charge is 0.493 e. The lowest BCUT2D eigenvalue weighted by Gasteiger charge is -2.28. The molecule has 1 aliphatic carbocycles. The summed E-state index contributed by atoms with van der Waals surface area (Å²) in [5, 5.41) is 11.9. The van der Waals surface area contributed by atoms with Crippen molar-refractivity contribution in [3.05, 3.63) is 64.9 Å². The zero-order chi connectivity index (χ0) is 22.5. The molecule has 0 atom stereocenters. The Hall–Kier alpha value is -3.79. The number of urea groups is 1. The van der Waals surface area contributed by atoms with Gasteiger partial charge >= 0.3 is 6.03 Å². The van der Waals surface area contributed by atoms with Crippen LogP contribution in [-0.2, 0) is 11.4 Å². The average molecular weight is 431 g/mol. The number of benzene rings is 2. The van der Waals surface area contributed by atoms with Gasteiger partial charge in [0.05, 0.1) is 18.7 Å². The summed E-state index contributed by atoms with van der Waals surface area (Å²) in [4.78, 5) is 26.6. The van der Waals surface area contributed by atoms with E-state index in [0.717, 1.165) is 37.7 Å². The molecule has 0 bridgehead atoms. The highest BCUT2D eigenvalue weighted by Gasteiger charge is 2.38. The van der Waals surface area contributed by atoms with Gasteiger partial charge in [0.2, 0.25) is 0 Å². The van der Waals surface area contributed by atoms with E-state index in [1.54, 1.807) is 30.3 Å². The molecule has 2 fully saturated rings. The summed E-state index contributed by atoms with van der Waals surface area (Å²) in [6, 6.07) is 14.3. The molecule has 7 heteroatoms. The van der Waals surface area contributed by atoms with Crippen LogP contribution in [0.4, 0.5) is 4.79 Å². The van der Waals surface area contributed by atoms with Crippen molar-refractivity contribution in [2.75, 3.05) is 7.11 Å². The van der Waals surface area contributed by atoms with Gasteiger partial charge in [0.15, 0.2) is 11.5 Å². The third-order valence-corrected chi connectivity index (χ3v) is 5.87. The first-order chi connectivity index (χ1) is 15.6. The van der Waals surface area contributed by atoms with Crippen molar-refractivity contribution in [3.8, 4) is 17.6 Å². The Labute approximate surface area is 187 Å². The lowest BCUT2D eigenvalue weighted by molar-refractivity contribution is -0.124. The number of nitrogens with one attached hydrogen (secondary N) is 1. The van der Waals surface area contributed by atoms with Gasteiger partial charge in [-0.3, -0.25) is 9.69 Å². The molecule has 2 aliphatic rings. The summed E-state index contributed by atoms with van der Waals surface area (Å²) in [5.41, 5.74) is 2.32. The maximum atomic E-state index is 12.9. The fraction of sp³-hybridized carbons (Fsp3) is 0.320. The van der Waals surface area contributed by atoms with Crippen LogP contribution >= 0.6 is 0 Å². The second-order valence-corrected chi connectivity index (χ2v) is 7.92. The number of hydrogen-bond donors (Lipinski definition) is 1. The quantitative estimate of drug-likeness (QED) is 0.542. The molecule has 3 amide bonds. The van der Waals surface area contributed by atoms with Gasteiger partial charge in [-0.2, -0.15) is 5.26 Å². The zero-order valence-corrected chi connectivity index (χ0v) is 18.0. The molecule has 1 N–H and O–H groups in total. The number of imide groups is 1. The van der Waals surface area contributed by atoms with Crippen molar-refractivity contribution >= 4 is 18.0 Å². The average Bonchev–Trinajstić information content (AvgIpc) is 3.11. The zero-order valence-electron chi connectivity index (χ0n) is 18.0. The number of hydrogen-bond acceptors (Lipinski definition) is 5. The summed E-state index contributed by atoms with van der Waals surface area (Å²) < 4.78 is 11.3. The van der Waals surface area contributed by atoms with Crippen LogP contribution in [0.3, 0.4) is 0 Å². The summed E-state index contributed by atoms with van der Waals surface area (Å²) in [6.45, 7) is 0.228. The van der Waals surface area contributed by atoms with Crippen molar-refractivity contribution in [2.45, 2.75) is 44.8 Å². The van der Waals surface area contributed by atoms with Crippen molar-refractivity contribution < 1.29 is 19.1 Å². The number of amides is 3. The van der Waals surface area contributed by atoms with Crippen molar-refractivity contribution in [3.63, 3.8) is 0 Å². The van der Waals surface area contributed by atoms with E-state index in [1.807, 2.05) is 18.2 Å². The van der Waals surface area contributed by atoms with Gasteiger partial charge in [0.1, 0.15) is 12.3 Å². The molecule has 1 aliphatic heterocycles. The molecule has 7 nitrogen and oxygen atoms in total. The van der Waals surface area contributed by atoms with E-state index in [1.165, 1.54) is 12.0 Å². The third kappa shape index (κ3) is 4.45. The lowest BCUT2D eigenvalue weighted by atomic mass is 9.94. The van der Waals surface area contributed by atoms with Gasteiger partial charge < -0.3 is 14.8 Å². The molecule has 0 radical (unpaired) electrons. The molecule has 2 aromatic rings. The van der Waals surface area contributed by atoms with Crippen molar-refractivity contribution in [1.29, 1.82) is 5.26 Å². The smallest absolute Gasteiger partial charge is 0.329 e. The molecule has 1 saturated carbocycles. The van der Waals surface area contributed by atoms with Crippen LogP contribution in [-0.4, -0.2) is 30.0 Å². The van der Waals surface area contributed by atoms with Gasteiger partial charge in [-0.25, -0.2) is 4.79 Å². The highest BCUT2D eigenvalue weighted by molar-refractivity contribution is 6.14. The number of rotatable bonds is 6. The van der Waals surface area contributed by atoms with Crippen LogP contribution in [0.5, 0.6) is 11.5 Å². The lowest BCUT2D eigenvalue weighted by Crippen LogP contribution is -2.41. The molecular weight excluding hydrogens is 406 g/mol. The summed E-state index contributed by atoms with van der Waals surface area (Å²) >= 11 is 0. The SMILES string of the molecule is COc1cc(/C=C2\NC(=O)N(C3CCCCC3)C2=O)ccc1OCc1ccccc1C#N. The predicted molar refractivity (Wildman–Crippen MR) is 119 cm³/mol. The molecule has 164 valence electrons. The number of ether oxygens (including phenoxy) is 2. The molecule has 0 aromatic heterocycles. The van der Waals surface area contributed by atoms with Gasteiger partial charge in [-0.05, 0) is 42.7 Å². The fourth-order valence-electron chi connectivity index (χ4n) is 4.19. The van der Waals surface area contributed by atoms with Crippen molar-refractivity contribution in [2.24, 2.45) is 0 Å². The monoisotopic (exact) mass is 431 g/mol. The second-order valence-electron chi connectivity index (χ2n) is 7.92. The van der Waals surface area contributed by atoms with Crippen LogP contribution < -0.4 is 14.8 Å². The molecule has 32 heavy (non-hydrogen) atoms. The predicted octanol–water partition coefficient (Wildman–Crippen LogP) is 4.37. The van der Waals surface area contributed by atoms with Crippen LogP contribution in [0.25, 0.3) is 6.08 Å². The van der Waals surface area contributed by atoms with Gasteiger partial charge in [-0.1, -0.05) is 43.5 Å². The Morgan fingerprint density at radius 2 is 1.91 bits per heavy atom. The summed E-state index contributed by atoms with van der Waals surface area (Å²) in [6.07, 6.45) is 6.61. The molecular formula is C25H25N3O4. The van der Waals surface area contributed by atoms with Gasteiger partial charge in [-0.15, -0.1) is 0 Å². The van der Waals surface area contributed by atoms with E-state index in [-0.39, 0.29) is 30.3 Å². The molecule has 0 unspecified atom stereocenters. The van der Waals surface area contributed by atoms with E-state index in [2.05, 4.69) is 11.4 Å². The topological polar surface area (TPSA) is 91.7 Å². The highest BCUT2D eigenvalue weighted by Crippen LogP contribution is 2.31. The maximum Gasteiger partial charge on any atom is 0.329 e. The van der Waals surface area contributed by atoms with Crippen LogP contribution in [0, 0.1) is 11.3 Å². The van der Waals surface area contributed by atoms with Crippen LogP contribution in [0.2, 0.25) is 0 Å². The minimum atomic E-state index is -0.351. The number of nitrogens with zero attached hydrogens (tertiary/aromatic N) is 2. The Bertz CT molecular complexity index is 1100. The van der Waals surface area contributed by atoms with E-state index >= 15 is 0 Å². The fourth-order valence-corrected chi connectivity index (χ4v) is 4.19. The molecule has 0 spiro atoms. The molecule has 1 heterocycles.